The van der Waals surface area contributed by atoms with E-state index in [4.69, 9.17) is 0 Å². The summed E-state index contributed by atoms with van der Waals surface area (Å²) in [5.41, 5.74) is 2.33. The maximum absolute atomic E-state index is 13.2. The summed E-state index contributed by atoms with van der Waals surface area (Å²) in [6.07, 6.45) is 0.705. The molecule has 1 aliphatic rings. The number of hydrogen-bond acceptors (Lipinski definition) is 3. The van der Waals surface area contributed by atoms with Crippen LogP contribution in [0.25, 0.3) is 11.3 Å². The first-order valence-corrected chi connectivity index (χ1v) is 7.62. The monoisotopic (exact) mass is 303 g/mol. The fraction of sp³-hybridized carbons (Fsp3) is 0.412. The van der Waals surface area contributed by atoms with Crippen LogP contribution in [0, 0.1) is 6.92 Å². The average Bonchev–Trinajstić information content (AvgIpc) is 2.56. The predicted octanol–water partition coefficient (Wildman–Crippen LogP) is 4.38. The van der Waals surface area contributed by atoms with E-state index in [-0.39, 0.29) is 5.69 Å². The van der Waals surface area contributed by atoms with E-state index in [9.17, 15) is 8.78 Å². The molecule has 1 aliphatic heterocycles. The van der Waals surface area contributed by atoms with Crippen LogP contribution < -0.4 is 4.90 Å². The fourth-order valence-corrected chi connectivity index (χ4v) is 2.67. The highest BCUT2D eigenvalue weighted by molar-refractivity contribution is 5.61. The molecular formula is C17H19F2N3. The van der Waals surface area contributed by atoms with Gasteiger partial charge in [-0.2, -0.15) is 0 Å². The first-order valence-electron chi connectivity index (χ1n) is 7.62. The molecule has 116 valence electrons. The van der Waals surface area contributed by atoms with E-state index in [1.165, 1.54) is 12.5 Å². The summed E-state index contributed by atoms with van der Waals surface area (Å²) in [5.74, 6) is 0.424. The number of halogens is 2. The van der Waals surface area contributed by atoms with Crippen molar-refractivity contribution in [1.29, 1.82) is 0 Å². The minimum atomic E-state index is -2.59. The van der Waals surface area contributed by atoms with Crippen LogP contribution in [0.2, 0.25) is 0 Å². The van der Waals surface area contributed by atoms with E-state index in [1.54, 1.807) is 0 Å². The van der Waals surface area contributed by atoms with Crippen molar-refractivity contribution in [3.63, 3.8) is 0 Å². The standard InChI is InChI=1S/C17H19F2N3/c1-12-5-7-13(8-6-12)14-11-15(16(18)19)21-17(20-14)22-9-3-2-4-10-22/h5-8,11,16H,2-4,9-10H2,1H3. The lowest BCUT2D eigenvalue weighted by molar-refractivity contribution is 0.146. The normalized spacial score (nSPS) is 15.4. The third-order valence-electron chi connectivity index (χ3n) is 3.94. The summed E-state index contributed by atoms with van der Waals surface area (Å²) in [6.45, 7) is 3.66. The fourth-order valence-electron chi connectivity index (χ4n) is 2.67. The van der Waals surface area contributed by atoms with E-state index in [0.29, 0.717) is 11.6 Å². The van der Waals surface area contributed by atoms with Crippen molar-refractivity contribution in [3.8, 4) is 11.3 Å². The van der Waals surface area contributed by atoms with E-state index in [1.807, 2.05) is 36.1 Å². The first-order chi connectivity index (χ1) is 10.6. The number of anilines is 1. The number of aromatic nitrogens is 2. The zero-order valence-corrected chi connectivity index (χ0v) is 12.6. The molecule has 0 bridgehead atoms. The van der Waals surface area contributed by atoms with E-state index in [0.717, 1.165) is 37.1 Å². The van der Waals surface area contributed by atoms with Crippen molar-refractivity contribution in [3.05, 3.63) is 41.6 Å². The maximum Gasteiger partial charge on any atom is 0.280 e. The Kier molecular flexibility index (Phi) is 4.32. The molecular weight excluding hydrogens is 284 g/mol. The molecule has 22 heavy (non-hydrogen) atoms. The number of rotatable bonds is 3. The Hall–Kier alpha value is -2.04. The molecule has 5 heteroatoms. The van der Waals surface area contributed by atoms with Gasteiger partial charge in [0.1, 0.15) is 5.69 Å². The Morgan fingerprint density at radius 3 is 2.32 bits per heavy atom. The van der Waals surface area contributed by atoms with Crippen LogP contribution in [-0.4, -0.2) is 23.1 Å². The number of nitrogens with zero attached hydrogens (tertiary/aromatic N) is 3. The number of alkyl halides is 2. The molecule has 2 aromatic rings. The van der Waals surface area contributed by atoms with Gasteiger partial charge in [0.2, 0.25) is 5.95 Å². The van der Waals surface area contributed by atoms with Crippen molar-refractivity contribution < 1.29 is 8.78 Å². The largest absolute Gasteiger partial charge is 0.341 e. The third-order valence-corrected chi connectivity index (χ3v) is 3.94. The van der Waals surface area contributed by atoms with Crippen LogP contribution in [0.4, 0.5) is 14.7 Å². The van der Waals surface area contributed by atoms with E-state index in [2.05, 4.69) is 9.97 Å². The zero-order chi connectivity index (χ0) is 15.5. The molecule has 1 fully saturated rings. The number of piperidine rings is 1. The Labute approximate surface area is 129 Å². The molecule has 0 N–H and O–H groups in total. The number of aryl methyl sites for hydroxylation is 1. The molecule has 3 nitrogen and oxygen atoms in total. The van der Waals surface area contributed by atoms with E-state index < -0.39 is 6.43 Å². The molecule has 1 saturated heterocycles. The van der Waals surface area contributed by atoms with Crippen LogP contribution in [0.15, 0.2) is 30.3 Å². The highest BCUT2D eigenvalue weighted by Crippen LogP contribution is 2.27. The molecule has 0 amide bonds. The summed E-state index contributed by atoms with van der Waals surface area (Å²) in [6, 6.07) is 9.13. The molecule has 0 radical (unpaired) electrons. The van der Waals surface area contributed by atoms with Gasteiger partial charge in [-0.1, -0.05) is 29.8 Å². The topological polar surface area (TPSA) is 29.0 Å². The Balaban J connectivity index is 2.01. The van der Waals surface area contributed by atoms with Gasteiger partial charge in [-0.15, -0.1) is 0 Å². The van der Waals surface area contributed by atoms with Gasteiger partial charge in [0.05, 0.1) is 5.69 Å². The van der Waals surface area contributed by atoms with Crippen LogP contribution in [0.3, 0.4) is 0 Å². The first kappa shape index (κ1) is 14.9. The molecule has 0 atom stereocenters. The van der Waals surface area contributed by atoms with Crippen LogP contribution >= 0.6 is 0 Å². The molecule has 2 heterocycles. The van der Waals surface area contributed by atoms with Crippen molar-refractivity contribution in [2.45, 2.75) is 32.6 Å². The smallest absolute Gasteiger partial charge is 0.280 e. The minimum Gasteiger partial charge on any atom is -0.341 e. The van der Waals surface area contributed by atoms with Gasteiger partial charge in [-0.25, -0.2) is 18.7 Å². The van der Waals surface area contributed by atoms with Crippen molar-refractivity contribution in [2.24, 2.45) is 0 Å². The minimum absolute atomic E-state index is 0.203. The van der Waals surface area contributed by atoms with Gasteiger partial charge in [-0.05, 0) is 32.3 Å². The van der Waals surface area contributed by atoms with Gasteiger partial charge in [0.25, 0.3) is 6.43 Å². The molecule has 0 unspecified atom stereocenters. The molecule has 0 saturated carbocycles. The van der Waals surface area contributed by atoms with E-state index >= 15 is 0 Å². The van der Waals surface area contributed by atoms with Crippen molar-refractivity contribution >= 4 is 5.95 Å². The van der Waals surface area contributed by atoms with Gasteiger partial charge >= 0.3 is 0 Å². The average molecular weight is 303 g/mol. The summed E-state index contributed by atoms with van der Waals surface area (Å²) >= 11 is 0. The molecule has 0 spiro atoms. The highest BCUT2D eigenvalue weighted by Gasteiger charge is 2.19. The Bertz CT molecular complexity index is 635. The second-order valence-electron chi connectivity index (χ2n) is 5.69. The zero-order valence-electron chi connectivity index (χ0n) is 12.6. The highest BCUT2D eigenvalue weighted by atomic mass is 19.3. The second-order valence-corrected chi connectivity index (χ2v) is 5.69. The lowest BCUT2D eigenvalue weighted by Gasteiger charge is -2.27. The lowest BCUT2D eigenvalue weighted by atomic mass is 10.1. The lowest BCUT2D eigenvalue weighted by Crippen LogP contribution is -2.31. The van der Waals surface area contributed by atoms with Crippen LogP contribution in [0.1, 0.15) is 36.9 Å². The second kappa shape index (κ2) is 6.38. The summed E-state index contributed by atoms with van der Waals surface area (Å²) < 4.78 is 26.3. The van der Waals surface area contributed by atoms with Gasteiger partial charge in [0.15, 0.2) is 0 Å². The third kappa shape index (κ3) is 3.24. The van der Waals surface area contributed by atoms with Gasteiger partial charge in [0, 0.05) is 18.7 Å². The Morgan fingerprint density at radius 1 is 1.00 bits per heavy atom. The molecule has 1 aromatic heterocycles. The Morgan fingerprint density at radius 2 is 1.68 bits per heavy atom. The number of benzene rings is 1. The van der Waals surface area contributed by atoms with Gasteiger partial charge in [-0.3, -0.25) is 0 Å². The maximum atomic E-state index is 13.2. The van der Waals surface area contributed by atoms with Gasteiger partial charge < -0.3 is 4.90 Å². The SMILES string of the molecule is Cc1ccc(-c2cc(C(F)F)nc(N3CCCCC3)n2)cc1. The van der Waals surface area contributed by atoms with Crippen molar-refractivity contribution in [1.82, 2.24) is 9.97 Å². The summed E-state index contributed by atoms with van der Waals surface area (Å²) in [5, 5.41) is 0. The molecule has 3 rings (SSSR count). The predicted molar refractivity (Wildman–Crippen MR) is 83.2 cm³/mol. The summed E-state index contributed by atoms with van der Waals surface area (Å²) in [4.78, 5) is 10.6. The molecule has 0 aliphatic carbocycles. The van der Waals surface area contributed by atoms with Crippen LogP contribution in [-0.2, 0) is 0 Å². The molecule has 1 aromatic carbocycles. The van der Waals surface area contributed by atoms with Crippen molar-refractivity contribution in [2.75, 3.05) is 18.0 Å². The number of hydrogen-bond donors (Lipinski definition) is 0. The quantitative estimate of drug-likeness (QED) is 0.842. The van der Waals surface area contributed by atoms with Crippen LogP contribution in [0.5, 0.6) is 0 Å². The summed E-state index contributed by atoms with van der Waals surface area (Å²) in [7, 11) is 0.